The van der Waals surface area contributed by atoms with Crippen LogP contribution in [0, 0.1) is 0 Å². The smallest absolute Gasteiger partial charge is 0.261 e. The monoisotopic (exact) mass is 388 g/mol. The van der Waals surface area contributed by atoms with Crippen LogP contribution in [-0.4, -0.2) is 16.1 Å². The van der Waals surface area contributed by atoms with E-state index in [4.69, 9.17) is 0 Å². The molecule has 2 aromatic rings. The van der Waals surface area contributed by atoms with Crippen LogP contribution in [0.2, 0.25) is 0 Å². The second kappa shape index (κ2) is 9.24. The molecule has 0 amide bonds. The topological polar surface area (TPSA) is 25.8 Å². The fourth-order valence-corrected chi connectivity index (χ4v) is 2.58. The fourth-order valence-electron chi connectivity index (χ4n) is 2.58. The number of pyridine rings is 2. The van der Waals surface area contributed by atoms with Crippen molar-refractivity contribution in [2.24, 2.45) is 0 Å². The van der Waals surface area contributed by atoms with Crippen molar-refractivity contribution < 1.29 is 22.0 Å². The summed E-state index contributed by atoms with van der Waals surface area (Å²) in [5, 5.41) is 0. The highest BCUT2D eigenvalue weighted by molar-refractivity contribution is 5.26. The number of hydrogen-bond acceptors (Lipinski definition) is 2. The van der Waals surface area contributed by atoms with E-state index in [-0.39, 0.29) is 23.0 Å². The Morgan fingerprint density at radius 3 is 1.70 bits per heavy atom. The summed E-state index contributed by atoms with van der Waals surface area (Å²) in [4.78, 5) is 7.93. The normalized spacial score (nSPS) is 12.1. The molecule has 0 unspecified atom stereocenters. The third kappa shape index (κ3) is 7.61. The molecular formula is C20H25F5N2. The maximum atomic E-state index is 13.0. The lowest BCUT2D eigenvalue weighted by molar-refractivity contribution is -0.127. The van der Waals surface area contributed by atoms with E-state index in [0.29, 0.717) is 11.4 Å². The zero-order chi connectivity index (χ0) is 20.8. The van der Waals surface area contributed by atoms with Crippen LogP contribution < -0.4 is 0 Å². The highest BCUT2D eigenvalue weighted by Gasteiger charge is 2.29. The van der Waals surface area contributed by atoms with Gasteiger partial charge in [0.25, 0.3) is 5.92 Å². The highest BCUT2D eigenvalue weighted by Crippen LogP contribution is 2.31. The third-order valence-electron chi connectivity index (χ3n) is 3.72. The van der Waals surface area contributed by atoms with Crippen molar-refractivity contribution in [1.82, 2.24) is 9.97 Å². The maximum absolute atomic E-state index is 13.0. The van der Waals surface area contributed by atoms with E-state index in [1.54, 1.807) is 12.3 Å². The largest absolute Gasteiger partial charge is 0.393 e. The van der Waals surface area contributed by atoms with Crippen LogP contribution >= 0.6 is 0 Å². The Kier molecular flexibility index (Phi) is 7.87. The quantitative estimate of drug-likeness (QED) is 0.550. The van der Waals surface area contributed by atoms with Gasteiger partial charge >= 0.3 is 6.18 Å². The summed E-state index contributed by atoms with van der Waals surface area (Å²) in [6.07, 6.45) is -1.99. The van der Waals surface area contributed by atoms with E-state index in [0.717, 1.165) is 6.92 Å². The number of halogens is 5. The first-order valence-corrected chi connectivity index (χ1v) is 8.66. The van der Waals surface area contributed by atoms with E-state index < -0.39 is 18.5 Å². The predicted octanol–water partition coefficient (Wildman–Crippen LogP) is 6.63. The van der Waals surface area contributed by atoms with Gasteiger partial charge in [0.05, 0.1) is 12.1 Å². The van der Waals surface area contributed by atoms with Crippen LogP contribution in [0.5, 0.6) is 0 Å². The molecule has 0 spiro atoms. The Labute approximate surface area is 156 Å². The molecule has 0 bridgehead atoms. The van der Waals surface area contributed by atoms with Gasteiger partial charge < -0.3 is 0 Å². The molecule has 0 saturated heterocycles. The average molecular weight is 388 g/mol. The standard InChI is InChI=1S/C10H12F3N.C10H13F2N/c1-7(2)9-8(4-3-5-14-9)6-10(11,12)13;1-7(2)9-8(10(3,11)12)5-4-6-13-9/h3-5,7H,6H2,1-2H3;4-7H,1-3H3. The molecule has 0 aromatic carbocycles. The minimum absolute atomic E-state index is 0.0218. The molecule has 0 radical (unpaired) electrons. The molecule has 0 aliphatic carbocycles. The van der Waals surface area contributed by atoms with Gasteiger partial charge in [-0.3, -0.25) is 9.97 Å². The average Bonchev–Trinajstić information content (AvgIpc) is 2.53. The van der Waals surface area contributed by atoms with Crippen LogP contribution in [0.25, 0.3) is 0 Å². The molecule has 0 saturated carbocycles. The molecule has 0 fully saturated rings. The van der Waals surface area contributed by atoms with Crippen LogP contribution in [0.1, 0.15) is 69.0 Å². The molecule has 2 nitrogen and oxygen atoms in total. The van der Waals surface area contributed by atoms with Gasteiger partial charge in [-0.05, 0) is 35.6 Å². The number of alkyl halides is 5. The van der Waals surface area contributed by atoms with Crippen molar-refractivity contribution in [3.63, 3.8) is 0 Å². The lowest BCUT2D eigenvalue weighted by Gasteiger charge is -2.16. The van der Waals surface area contributed by atoms with Crippen LogP contribution in [0.15, 0.2) is 36.7 Å². The zero-order valence-corrected chi connectivity index (χ0v) is 16.1. The van der Waals surface area contributed by atoms with Crippen molar-refractivity contribution in [2.75, 3.05) is 0 Å². The molecule has 27 heavy (non-hydrogen) atoms. The molecule has 0 aliphatic rings. The fraction of sp³-hybridized carbons (Fsp3) is 0.500. The van der Waals surface area contributed by atoms with Crippen molar-refractivity contribution in [2.45, 2.75) is 65.0 Å². The zero-order valence-electron chi connectivity index (χ0n) is 16.1. The predicted molar refractivity (Wildman–Crippen MR) is 96.0 cm³/mol. The van der Waals surface area contributed by atoms with E-state index in [1.165, 1.54) is 24.4 Å². The summed E-state index contributed by atoms with van der Waals surface area (Å²) >= 11 is 0. The first-order chi connectivity index (χ1) is 12.3. The Balaban J connectivity index is 0.000000271. The molecule has 0 N–H and O–H groups in total. The Bertz CT molecular complexity index is 719. The number of hydrogen-bond donors (Lipinski definition) is 0. The Morgan fingerprint density at radius 2 is 1.30 bits per heavy atom. The highest BCUT2D eigenvalue weighted by atomic mass is 19.4. The van der Waals surface area contributed by atoms with Gasteiger partial charge in [0.2, 0.25) is 0 Å². The summed E-state index contributed by atoms with van der Waals surface area (Å²) in [5.41, 5.74) is 1.32. The van der Waals surface area contributed by atoms with Crippen LogP contribution in [0.3, 0.4) is 0 Å². The van der Waals surface area contributed by atoms with Crippen molar-refractivity contribution in [1.29, 1.82) is 0 Å². The molecule has 7 heteroatoms. The molecule has 2 heterocycles. The summed E-state index contributed by atoms with van der Waals surface area (Å²) in [6.45, 7) is 8.29. The van der Waals surface area contributed by atoms with Gasteiger partial charge in [-0.2, -0.15) is 13.2 Å². The van der Waals surface area contributed by atoms with Gasteiger partial charge in [0.1, 0.15) is 0 Å². The molecule has 150 valence electrons. The SMILES string of the molecule is CC(C)c1ncccc1C(C)(F)F.CC(C)c1ncccc1CC(F)(F)F. The summed E-state index contributed by atoms with van der Waals surface area (Å²) in [6, 6.07) is 5.99. The minimum atomic E-state index is -4.16. The summed E-state index contributed by atoms with van der Waals surface area (Å²) < 4.78 is 62.5. The first-order valence-electron chi connectivity index (χ1n) is 8.66. The second-order valence-corrected chi connectivity index (χ2v) is 6.97. The number of aromatic nitrogens is 2. The molecular weight excluding hydrogens is 363 g/mol. The molecule has 2 rings (SSSR count). The third-order valence-corrected chi connectivity index (χ3v) is 3.72. The van der Waals surface area contributed by atoms with E-state index in [1.807, 2.05) is 27.7 Å². The molecule has 0 aliphatic heterocycles. The maximum Gasteiger partial charge on any atom is 0.393 e. The molecule has 0 atom stereocenters. The second-order valence-electron chi connectivity index (χ2n) is 6.97. The number of rotatable bonds is 4. The number of nitrogens with zero attached hydrogens (tertiary/aromatic N) is 2. The van der Waals surface area contributed by atoms with Gasteiger partial charge in [-0.15, -0.1) is 0 Å². The Morgan fingerprint density at radius 1 is 0.815 bits per heavy atom. The lowest BCUT2D eigenvalue weighted by Crippen LogP contribution is -2.14. The Hall–Kier alpha value is -2.05. The van der Waals surface area contributed by atoms with Gasteiger partial charge in [0.15, 0.2) is 0 Å². The van der Waals surface area contributed by atoms with Gasteiger partial charge in [-0.25, -0.2) is 8.78 Å². The molecule has 2 aromatic heterocycles. The van der Waals surface area contributed by atoms with Crippen molar-refractivity contribution in [3.05, 3.63) is 59.2 Å². The summed E-state index contributed by atoms with van der Waals surface area (Å²) in [5.74, 6) is -2.75. The van der Waals surface area contributed by atoms with E-state index in [9.17, 15) is 22.0 Å². The summed E-state index contributed by atoms with van der Waals surface area (Å²) in [7, 11) is 0. The first kappa shape index (κ1) is 23.0. The lowest BCUT2D eigenvalue weighted by atomic mass is 10.00. The van der Waals surface area contributed by atoms with Crippen molar-refractivity contribution in [3.8, 4) is 0 Å². The van der Waals surface area contributed by atoms with E-state index >= 15 is 0 Å². The van der Waals surface area contributed by atoms with Crippen LogP contribution in [0.4, 0.5) is 22.0 Å². The van der Waals surface area contributed by atoms with Crippen LogP contribution in [-0.2, 0) is 12.3 Å². The van der Waals surface area contributed by atoms with E-state index in [2.05, 4.69) is 9.97 Å². The van der Waals surface area contributed by atoms with Gasteiger partial charge in [0, 0.05) is 30.6 Å². The van der Waals surface area contributed by atoms with Crippen molar-refractivity contribution >= 4 is 0 Å². The van der Waals surface area contributed by atoms with Gasteiger partial charge in [-0.1, -0.05) is 33.8 Å². The minimum Gasteiger partial charge on any atom is -0.261 e.